The van der Waals surface area contributed by atoms with Gasteiger partial charge in [0.2, 0.25) is 0 Å². The van der Waals surface area contributed by atoms with Crippen molar-refractivity contribution >= 4 is 33.4 Å². The van der Waals surface area contributed by atoms with Crippen LogP contribution in [0.25, 0.3) is 0 Å². The van der Waals surface area contributed by atoms with Gasteiger partial charge in [0.25, 0.3) is 0 Å². The third kappa shape index (κ3) is 3.92. The van der Waals surface area contributed by atoms with Gasteiger partial charge in [-0.1, -0.05) is 28.9 Å². The Balaban J connectivity index is 2.08. The molecule has 2 unspecified atom stereocenters. The molecule has 0 bridgehead atoms. The van der Waals surface area contributed by atoms with E-state index in [2.05, 4.69) is 77.0 Å². The molecule has 1 heterocycles. The maximum atomic E-state index is 3.74. The minimum absolute atomic E-state index is 0.394. The van der Waals surface area contributed by atoms with Gasteiger partial charge in [-0.15, -0.1) is 0 Å². The topological polar surface area (TPSA) is 15.3 Å². The number of nitrogens with one attached hydrogen (secondary N) is 1. The summed E-state index contributed by atoms with van der Waals surface area (Å²) in [6, 6.07) is 7.86. The van der Waals surface area contributed by atoms with E-state index in [0.29, 0.717) is 12.1 Å². The van der Waals surface area contributed by atoms with E-state index in [1.165, 1.54) is 40.1 Å². The van der Waals surface area contributed by atoms with Crippen LogP contribution < -0.4 is 10.2 Å². The average Bonchev–Trinajstić information content (AvgIpc) is 2.98. The molecule has 1 fully saturated rings. The Morgan fingerprint density at radius 2 is 2.30 bits per heavy atom. The SMILES string of the molecule is CCCNC(C)c1ccc(N(C)C2CCSC2)cc1Br. The van der Waals surface area contributed by atoms with Gasteiger partial charge in [-0.2, -0.15) is 11.8 Å². The van der Waals surface area contributed by atoms with Crippen LogP contribution in [-0.4, -0.2) is 31.1 Å². The van der Waals surface area contributed by atoms with Crippen molar-refractivity contribution in [2.45, 2.75) is 38.8 Å². The van der Waals surface area contributed by atoms with Crippen LogP contribution in [0.3, 0.4) is 0 Å². The van der Waals surface area contributed by atoms with Gasteiger partial charge in [0, 0.05) is 35.0 Å². The predicted molar refractivity (Wildman–Crippen MR) is 95.0 cm³/mol. The fourth-order valence-corrected chi connectivity index (χ4v) is 4.57. The molecule has 2 nitrogen and oxygen atoms in total. The second-order valence-electron chi connectivity index (χ2n) is 5.51. The molecule has 0 aliphatic carbocycles. The minimum Gasteiger partial charge on any atom is -0.371 e. The number of thioether (sulfide) groups is 1. The maximum Gasteiger partial charge on any atom is 0.0385 e. The lowest BCUT2D eigenvalue weighted by atomic mass is 10.1. The van der Waals surface area contributed by atoms with Crippen molar-refractivity contribution < 1.29 is 0 Å². The van der Waals surface area contributed by atoms with Gasteiger partial charge in [-0.3, -0.25) is 0 Å². The fraction of sp³-hybridized carbons (Fsp3) is 0.625. The highest BCUT2D eigenvalue weighted by Gasteiger charge is 2.21. The lowest BCUT2D eigenvalue weighted by molar-refractivity contribution is 0.569. The monoisotopic (exact) mass is 356 g/mol. The van der Waals surface area contributed by atoms with Crippen LogP contribution in [0.1, 0.15) is 38.3 Å². The first kappa shape index (κ1) is 16.2. The number of halogens is 1. The molecule has 1 N–H and O–H groups in total. The van der Waals surface area contributed by atoms with Crippen LogP contribution in [0.15, 0.2) is 22.7 Å². The average molecular weight is 357 g/mol. The summed E-state index contributed by atoms with van der Waals surface area (Å²) in [6.07, 6.45) is 2.47. The Morgan fingerprint density at radius 3 is 2.90 bits per heavy atom. The molecular formula is C16H25BrN2S. The van der Waals surface area contributed by atoms with Crippen molar-refractivity contribution in [3.8, 4) is 0 Å². The first-order valence-electron chi connectivity index (χ1n) is 7.47. The summed E-state index contributed by atoms with van der Waals surface area (Å²) in [7, 11) is 2.22. The zero-order valence-corrected chi connectivity index (χ0v) is 15.1. The summed E-state index contributed by atoms with van der Waals surface area (Å²) in [5.74, 6) is 2.55. The van der Waals surface area contributed by atoms with E-state index >= 15 is 0 Å². The van der Waals surface area contributed by atoms with Crippen LogP contribution >= 0.6 is 27.7 Å². The Morgan fingerprint density at radius 1 is 1.50 bits per heavy atom. The third-order valence-corrected chi connectivity index (χ3v) is 5.84. The van der Waals surface area contributed by atoms with Gasteiger partial charge in [-0.05, 0) is 49.8 Å². The molecule has 2 atom stereocenters. The highest BCUT2D eigenvalue weighted by Crippen LogP contribution is 2.31. The summed E-state index contributed by atoms with van der Waals surface area (Å²) < 4.78 is 1.21. The minimum atomic E-state index is 0.394. The van der Waals surface area contributed by atoms with Gasteiger partial charge < -0.3 is 10.2 Å². The van der Waals surface area contributed by atoms with Crippen molar-refractivity contribution in [2.75, 3.05) is 30.0 Å². The number of nitrogens with zero attached hydrogens (tertiary/aromatic N) is 1. The molecule has 0 radical (unpaired) electrons. The standard InChI is InChI=1S/C16H25BrN2S/c1-4-8-18-12(2)15-6-5-13(10-16(15)17)19(3)14-7-9-20-11-14/h5-6,10,12,14,18H,4,7-9,11H2,1-3H3. The van der Waals surface area contributed by atoms with Crippen molar-refractivity contribution in [1.29, 1.82) is 0 Å². The number of benzene rings is 1. The van der Waals surface area contributed by atoms with Gasteiger partial charge in [-0.25, -0.2) is 0 Å². The van der Waals surface area contributed by atoms with Gasteiger partial charge in [0.1, 0.15) is 0 Å². The largest absolute Gasteiger partial charge is 0.371 e. The molecule has 1 aromatic rings. The maximum absolute atomic E-state index is 3.74. The van der Waals surface area contributed by atoms with Crippen LogP contribution in [0.5, 0.6) is 0 Å². The third-order valence-electron chi connectivity index (χ3n) is 4.01. The van der Waals surface area contributed by atoms with Crippen LogP contribution in [0.2, 0.25) is 0 Å². The molecule has 2 rings (SSSR count). The molecule has 1 aliphatic rings. The molecular weight excluding hydrogens is 332 g/mol. The predicted octanol–water partition coefficient (Wildman–Crippen LogP) is 4.45. The van der Waals surface area contributed by atoms with Crippen molar-refractivity contribution in [3.63, 3.8) is 0 Å². The molecule has 20 heavy (non-hydrogen) atoms. The molecule has 0 spiro atoms. The number of anilines is 1. The first-order valence-corrected chi connectivity index (χ1v) is 9.41. The Bertz CT molecular complexity index is 432. The van der Waals surface area contributed by atoms with Crippen LogP contribution in [0, 0.1) is 0 Å². The van der Waals surface area contributed by atoms with E-state index in [9.17, 15) is 0 Å². The first-order chi connectivity index (χ1) is 9.63. The zero-order valence-electron chi connectivity index (χ0n) is 12.7. The number of hydrogen-bond donors (Lipinski definition) is 1. The van der Waals surface area contributed by atoms with E-state index in [1.54, 1.807) is 0 Å². The van der Waals surface area contributed by atoms with E-state index < -0.39 is 0 Å². The van der Waals surface area contributed by atoms with Gasteiger partial charge in [0.15, 0.2) is 0 Å². The molecule has 1 saturated heterocycles. The second kappa shape index (κ2) is 7.71. The number of rotatable bonds is 6. The number of hydrogen-bond acceptors (Lipinski definition) is 3. The zero-order chi connectivity index (χ0) is 14.5. The lowest BCUT2D eigenvalue weighted by Gasteiger charge is -2.27. The Hall–Kier alpha value is -0.190. The van der Waals surface area contributed by atoms with Crippen molar-refractivity contribution in [1.82, 2.24) is 5.32 Å². The smallest absolute Gasteiger partial charge is 0.0385 e. The molecule has 112 valence electrons. The normalized spacial score (nSPS) is 20.1. The summed E-state index contributed by atoms with van der Waals surface area (Å²) in [6.45, 7) is 5.49. The van der Waals surface area contributed by atoms with E-state index in [0.717, 1.165) is 6.54 Å². The van der Waals surface area contributed by atoms with E-state index in [1.807, 2.05) is 0 Å². The van der Waals surface area contributed by atoms with E-state index in [-0.39, 0.29) is 0 Å². The molecule has 0 amide bonds. The quantitative estimate of drug-likeness (QED) is 0.810. The summed E-state index contributed by atoms with van der Waals surface area (Å²) in [5, 5.41) is 3.55. The van der Waals surface area contributed by atoms with Gasteiger partial charge >= 0.3 is 0 Å². The molecule has 4 heteroatoms. The fourth-order valence-electron chi connectivity index (χ4n) is 2.60. The summed E-state index contributed by atoms with van der Waals surface area (Å²) >= 11 is 5.81. The molecule has 1 aliphatic heterocycles. The van der Waals surface area contributed by atoms with Crippen LogP contribution in [-0.2, 0) is 0 Å². The van der Waals surface area contributed by atoms with Crippen LogP contribution in [0.4, 0.5) is 5.69 Å². The van der Waals surface area contributed by atoms with Gasteiger partial charge in [0.05, 0.1) is 0 Å². The summed E-state index contributed by atoms with van der Waals surface area (Å²) in [4.78, 5) is 2.43. The highest BCUT2D eigenvalue weighted by atomic mass is 79.9. The lowest BCUT2D eigenvalue weighted by Crippen LogP contribution is -2.31. The summed E-state index contributed by atoms with van der Waals surface area (Å²) in [5.41, 5.74) is 2.66. The Labute approximate surface area is 135 Å². The van der Waals surface area contributed by atoms with E-state index in [4.69, 9.17) is 0 Å². The van der Waals surface area contributed by atoms with Crippen molar-refractivity contribution in [2.24, 2.45) is 0 Å². The van der Waals surface area contributed by atoms with Crippen molar-refractivity contribution in [3.05, 3.63) is 28.2 Å². The molecule has 1 aromatic carbocycles. The Kier molecular flexibility index (Phi) is 6.24. The molecule has 0 saturated carbocycles. The highest BCUT2D eigenvalue weighted by molar-refractivity contribution is 9.10. The second-order valence-corrected chi connectivity index (χ2v) is 7.51. The molecule has 0 aromatic heterocycles.